The molecule has 2 atom stereocenters. The van der Waals surface area contributed by atoms with Crippen molar-refractivity contribution in [1.29, 1.82) is 5.26 Å². The van der Waals surface area contributed by atoms with E-state index in [-0.39, 0.29) is 28.6 Å². The van der Waals surface area contributed by atoms with E-state index in [0.29, 0.717) is 36.4 Å². The highest BCUT2D eigenvalue weighted by atomic mass is 35.5. The molecule has 35 heavy (non-hydrogen) atoms. The Kier molecular flexibility index (Phi) is 6.11. The summed E-state index contributed by atoms with van der Waals surface area (Å²) in [6.07, 6.45) is 3.82. The molecular weight excluding hydrogens is 469 g/mol. The van der Waals surface area contributed by atoms with Gasteiger partial charge in [-0.25, -0.2) is 14.4 Å². The van der Waals surface area contributed by atoms with Crippen molar-refractivity contribution in [2.24, 2.45) is 0 Å². The lowest BCUT2D eigenvalue weighted by Crippen LogP contribution is -2.56. The number of aryl methyl sites for hydroxylation is 1. The molecule has 1 aliphatic heterocycles. The highest BCUT2D eigenvalue weighted by Crippen LogP contribution is 2.41. The van der Waals surface area contributed by atoms with E-state index < -0.39 is 12.0 Å². The van der Waals surface area contributed by atoms with Gasteiger partial charge in [0.25, 0.3) is 0 Å². The number of nitrogens with zero attached hydrogens (tertiary/aromatic N) is 6. The van der Waals surface area contributed by atoms with Gasteiger partial charge >= 0.3 is 0 Å². The van der Waals surface area contributed by atoms with E-state index in [1.165, 1.54) is 12.4 Å². The maximum Gasteiger partial charge on any atom is 0.158 e. The average Bonchev–Trinajstić information content (AvgIpc) is 3.34. The Morgan fingerprint density at radius 1 is 1.34 bits per heavy atom. The predicted octanol–water partition coefficient (Wildman–Crippen LogP) is 4.18. The Hall–Kier alpha value is -3.58. The van der Waals surface area contributed by atoms with Gasteiger partial charge < -0.3 is 10.0 Å². The molecule has 1 saturated heterocycles. The molecule has 0 saturated carbocycles. The number of aliphatic hydroxyl groups is 1. The van der Waals surface area contributed by atoms with Gasteiger partial charge in [0.05, 0.1) is 29.2 Å². The number of H-pyrrole nitrogens is 1. The smallest absolute Gasteiger partial charge is 0.158 e. The molecule has 4 aromatic rings. The minimum absolute atomic E-state index is 0.166. The topological polar surface area (TPSA) is 105 Å². The van der Waals surface area contributed by atoms with Crippen molar-refractivity contribution in [3.63, 3.8) is 0 Å². The first-order valence-corrected chi connectivity index (χ1v) is 11.6. The highest BCUT2D eigenvalue weighted by Gasteiger charge is 2.32. The molecule has 2 aromatic heterocycles. The van der Waals surface area contributed by atoms with Gasteiger partial charge in [0, 0.05) is 47.6 Å². The van der Waals surface area contributed by atoms with Crippen LogP contribution >= 0.6 is 11.6 Å². The largest absolute Gasteiger partial charge is 0.375 e. The third kappa shape index (κ3) is 3.90. The summed E-state index contributed by atoms with van der Waals surface area (Å²) in [5.74, 6) is 0.0125. The molecule has 0 bridgehead atoms. The normalized spacial score (nSPS) is 17.6. The second-order valence-electron chi connectivity index (χ2n) is 8.58. The van der Waals surface area contributed by atoms with Crippen LogP contribution < -0.4 is 4.90 Å². The van der Waals surface area contributed by atoms with Crippen molar-refractivity contribution >= 4 is 39.2 Å². The van der Waals surface area contributed by atoms with Crippen LogP contribution in [0.1, 0.15) is 12.0 Å². The van der Waals surface area contributed by atoms with Crippen LogP contribution in [0.5, 0.6) is 0 Å². The molecular formula is C25H23ClFN7O. The van der Waals surface area contributed by atoms with E-state index in [1.54, 1.807) is 12.3 Å². The minimum atomic E-state index is -0.846. The predicted molar refractivity (Wildman–Crippen MR) is 133 cm³/mol. The van der Waals surface area contributed by atoms with Gasteiger partial charge in [-0.1, -0.05) is 24.2 Å². The quantitative estimate of drug-likeness (QED) is 0.403. The standard InChI is InChI=1S/C25H23ClFN7O/c1-3-20(35)34-9-8-33(12-15(34)6-7-28)25-16-10-18(26)22(23(27)24(16)29-13-30-25)21-14(2)4-5-19-17(21)11-31-32-19/h3-5,10-11,13,15,20,35H,1,6,8-9,12H2,2H3,(H,31,32). The van der Waals surface area contributed by atoms with Crippen LogP contribution in [0.25, 0.3) is 32.9 Å². The van der Waals surface area contributed by atoms with Crippen LogP contribution in [0, 0.1) is 24.1 Å². The molecule has 2 N–H and O–H groups in total. The number of anilines is 1. The number of nitriles is 1. The minimum Gasteiger partial charge on any atom is -0.375 e. The Labute approximate surface area is 206 Å². The second kappa shape index (κ2) is 9.23. The average molecular weight is 492 g/mol. The number of halogens is 2. The zero-order valence-electron chi connectivity index (χ0n) is 19.0. The summed E-state index contributed by atoms with van der Waals surface area (Å²) in [5, 5.41) is 28.1. The molecule has 1 aliphatic rings. The van der Waals surface area contributed by atoms with Crippen molar-refractivity contribution in [3.05, 3.63) is 59.8 Å². The number of benzene rings is 2. The van der Waals surface area contributed by atoms with Crippen molar-refractivity contribution in [2.45, 2.75) is 25.6 Å². The first kappa shape index (κ1) is 23.2. The first-order valence-electron chi connectivity index (χ1n) is 11.2. The summed E-state index contributed by atoms with van der Waals surface area (Å²) in [5.41, 5.74) is 2.76. The Morgan fingerprint density at radius 2 is 2.17 bits per heavy atom. The van der Waals surface area contributed by atoms with E-state index in [1.807, 2.05) is 28.9 Å². The number of aromatic nitrogens is 4. The van der Waals surface area contributed by atoms with Gasteiger partial charge in [0.2, 0.25) is 0 Å². The fourth-order valence-corrected chi connectivity index (χ4v) is 5.17. The zero-order chi connectivity index (χ0) is 24.7. The number of aliphatic hydroxyl groups excluding tert-OH is 1. The molecule has 0 radical (unpaired) electrons. The monoisotopic (exact) mass is 491 g/mol. The number of fused-ring (bicyclic) bond motifs is 2. The fourth-order valence-electron chi connectivity index (χ4n) is 4.89. The maximum atomic E-state index is 16.1. The first-order chi connectivity index (χ1) is 16.9. The van der Waals surface area contributed by atoms with E-state index >= 15 is 4.39 Å². The number of hydrogen-bond acceptors (Lipinski definition) is 7. The summed E-state index contributed by atoms with van der Waals surface area (Å²) in [7, 11) is 0. The maximum absolute atomic E-state index is 16.1. The second-order valence-corrected chi connectivity index (χ2v) is 8.99. The van der Waals surface area contributed by atoms with Crippen molar-refractivity contribution in [2.75, 3.05) is 24.5 Å². The van der Waals surface area contributed by atoms with Crippen molar-refractivity contribution < 1.29 is 9.50 Å². The summed E-state index contributed by atoms with van der Waals surface area (Å²) >= 11 is 6.72. The van der Waals surface area contributed by atoms with Gasteiger partial charge in [-0.2, -0.15) is 10.4 Å². The summed E-state index contributed by atoms with van der Waals surface area (Å²) in [6.45, 7) is 6.99. The van der Waals surface area contributed by atoms with E-state index in [0.717, 1.165) is 16.5 Å². The molecule has 2 aromatic carbocycles. The summed E-state index contributed by atoms with van der Waals surface area (Å²) in [6, 6.07) is 7.43. The molecule has 1 fully saturated rings. The molecule has 3 heterocycles. The summed E-state index contributed by atoms with van der Waals surface area (Å²) < 4.78 is 16.1. The third-order valence-corrected chi connectivity index (χ3v) is 6.89. The lowest BCUT2D eigenvalue weighted by atomic mass is 9.95. The number of rotatable bonds is 5. The number of hydrogen-bond donors (Lipinski definition) is 2. The van der Waals surface area contributed by atoms with Crippen LogP contribution in [0.3, 0.4) is 0 Å². The van der Waals surface area contributed by atoms with Crippen LogP contribution in [0.4, 0.5) is 10.2 Å². The van der Waals surface area contributed by atoms with Gasteiger partial charge in [-0.05, 0) is 30.7 Å². The van der Waals surface area contributed by atoms with Gasteiger partial charge in [0.15, 0.2) is 5.82 Å². The molecule has 0 aliphatic carbocycles. The van der Waals surface area contributed by atoms with Crippen LogP contribution in [0.15, 0.2) is 43.4 Å². The van der Waals surface area contributed by atoms with Crippen LogP contribution in [-0.4, -0.2) is 62.1 Å². The van der Waals surface area contributed by atoms with Gasteiger partial charge in [-0.3, -0.25) is 10.00 Å². The molecule has 5 rings (SSSR count). The summed E-state index contributed by atoms with van der Waals surface area (Å²) in [4.78, 5) is 12.5. The number of aromatic amines is 1. The van der Waals surface area contributed by atoms with Gasteiger partial charge in [0.1, 0.15) is 23.9 Å². The zero-order valence-corrected chi connectivity index (χ0v) is 19.8. The molecule has 2 unspecified atom stereocenters. The Bertz CT molecular complexity index is 1480. The highest BCUT2D eigenvalue weighted by molar-refractivity contribution is 6.35. The molecule has 10 heteroatoms. The molecule has 0 amide bonds. The van der Waals surface area contributed by atoms with E-state index in [9.17, 15) is 10.4 Å². The molecule has 8 nitrogen and oxygen atoms in total. The fraction of sp³-hybridized carbons (Fsp3) is 0.280. The molecule has 178 valence electrons. The Balaban J connectivity index is 1.61. The third-order valence-electron chi connectivity index (χ3n) is 6.59. The lowest BCUT2D eigenvalue weighted by Gasteiger charge is -2.42. The van der Waals surface area contributed by atoms with Crippen molar-refractivity contribution in [3.8, 4) is 17.2 Å². The van der Waals surface area contributed by atoms with Crippen LogP contribution in [0.2, 0.25) is 5.02 Å². The van der Waals surface area contributed by atoms with E-state index in [2.05, 4.69) is 32.8 Å². The SMILES string of the molecule is C=CC(O)N1CCN(c2ncnc3c(F)c(-c4c(C)ccc5[nH]ncc45)c(Cl)cc23)CC1CC#N. The van der Waals surface area contributed by atoms with Crippen LogP contribution in [-0.2, 0) is 0 Å². The van der Waals surface area contributed by atoms with Crippen molar-refractivity contribution in [1.82, 2.24) is 25.1 Å². The van der Waals surface area contributed by atoms with E-state index in [4.69, 9.17) is 11.6 Å². The number of nitrogens with one attached hydrogen (secondary N) is 1. The Morgan fingerprint density at radius 3 is 2.94 bits per heavy atom. The lowest BCUT2D eigenvalue weighted by molar-refractivity contribution is 0.00441. The van der Waals surface area contributed by atoms with Gasteiger partial charge in [-0.15, -0.1) is 0 Å². The molecule has 0 spiro atoms. The number of piperazine rings is 1.